The van der Waals surface area contributed by atoms with Crippen LogP contribution in [-0.2, 0) is 9.53 Å². The number of nitrogens with zero attached hydrogens (tertiary/aromatic N) is 1. The third-order valence-electron chi connectivity index (χ3n) is 5.23. The van der Waals surface area contributed by atoms with Crippen LogP contribution in [0.5, 0.6) is 0 Å². The molecule has 27 heavy (non-hydrogen) atoms. The maximum atomic E-state index is 13.2. The van der Waals surface area contributed by atoms with Crippen LogP contribution in [0.15, 0.2) is 22.6 Å². The quantitative estimate of drug-likeness (QED) is 0.791. The molecule has 1 N–H and O–H groups in total. The van der Waals surface area contributed by atoms with Gasteiger partial charge in [0.1, 0.15) is 0 Å². The van der Waals surface area contributed by atoms with E-state index in [-0.39, 0.29) is 23.8 Å². The number of para-hydroxylation sites is 1. The number of hydrogen-bond acceptors (Lipinski definition) is 4. The van der Waals surface area contributed by atoms with Gasteiger partial charge in [-0.1, -0.05) is 23.7 Å². The average Bonchev–Trinajstić information content (AvgIpc) is 3.00. The number of hydrogen-bond donors (Lipinski definition) is 1. The number of amides is 2. The van der Waals surface area contributed by atoms with Crippen LogP contribution in [0.4, 0.5) is 0 Å². The maximum absolute atomic E-state index is 13.2. The number of furan rings is 1. The van der Waals surface area contributed by atoms with Gasteiger partial charge in [0.2, 0.25) is 5.91 Å². The number of carbonyl (C=O) groups is 2. The largest absolute Gasteiger partial charge is 0.449 e. The molecule has 0 saturated carbocycles. The number of fused-ring (bicyclic) bond motifs is 1. The van der Waals surface area contributed by atoms with Crippen LogP contribution < -0.4 is 5.32 Å². The van der Waals surface area contributed by atoms with Gasteiger partial charge in [0.25, 0.3) is 5.91 Å². The van der Waals surface area contributed by atoms with Crippen molar-refractivity contribution in [1.82, 2.24) is 10.2 Å². The normalized spacial score (nSPS) is 20.1. The molecule has 0 bridgehead atoms. The van der Waals surface area contributed by atoms with Gasteiger partial charge in [-0.25, -0.2) is 0 Å². The molecule has 1 aromatic heterocycles. The van der Waals surface area contributed by atoms with Crippen LogP contribution in [0.3, 0.4) is 0 Å². The number of nitrogens with one attached hydrogen (secondary N) is 1. The zero-order chi connectivity index (χ0) is 19.6. The van der Waals surface area contributed by atoms with E-state index in [2.05, 4.69) is 5.32 Å². The SMILES string of the molecule is COCCNC(=O)[C@@H]1CC[C@H](C)N(C(=O)c2oc3c(Cl)cccc3c2C)C1. The van der Waals surface area contributed by atoms with Gasteiger partial charge in [0.15, 0.2) is 11.3 Å². The number of rotatable bonds is 5. The van der Waals surface area contributed by atoms with Gasteiger partial charge in [-0.15, -0.1) is 0 Å². The number of benzene rings is 1. The molecule has 3 rings (SSSR count). The van der Waals surface area contributed by atoms with Crippen LogP contribution >= 0.6 is 11.6 Å². The topological polar surface area (TPSA) is 71.8 Å². The molecule has 2 atom stereocenters. The predicted molar refractivity (Wildman–Crippen MR) is 104 cm³/mol. The summed E-state index contributed by atoms with van der Waals surface area (Å²) in [7, 11) is 1.59. The lowest BCUT2D eigenvalue weighted by atomic mass is 9.92. The average molecular weight is 393 g/mol. The molecule has 2 amide bonds. The second kappa shape index (κ2) is 8.31. The Morgan fingerprint density at radius 1 is 1.37 bits per heavy atom. The standard InChI is InChI=1S/C20H25ClN2O4/c1-12-7-8-14(19(24)22-9-10-26-3)11-23(12)20(25)17-13(2)15-5-4-6-16(21)18(15)27-17/h4-6,12,14H,7-11H2,1-3H3,(H,22,24)/t12-,14+/m0/s1. The van der Waals surface area contributed by atoms with Crippen molar-refractivity contribution in [3.05, 3.63) is 34.5 Å². The van der Waals surface area contributed by atoms with Gasteiger partial charge in [-0.3, -0.25) is 9.59 Å². The Bertz CT molecular complexity index is 848. The molecule has 146 valence electrons. The Morgan fingerprint density at radius 3 is 2.85 bits per heavy atom. The zero-order valence-corrected chi connectivity index (χ0v) is 16.6. The minimum Gasteiger partial charge on any atom is -0.449 e. The van der Waals surface area contributed by atoms with E-state index in [1.165, 1.54) is 0 Å². The summed E-state index contributed by atoms with van der Waals surface area (Å²) >= 11 is 6.20. The van der Waals surface area contributed by atoms with Crippen LogP contribution in [-0.4, -0.2) is 49.6 Å². The Hall–Kier alpha value is -2.05. The highest BCUT2D eigenvalue weighted by Crippen LogP contribution is 2.33. The summed E-state index contributed by atoms with van der Waals surface area (Å²) in [6.45, 7) is 5.18. The Morgan fingerprint density at radius 2 is 2.15 bits per heavy atom. The number of methoxy groups -OCH3 is 1. The predicted octanol–water partition coefficient (Wildman–Crippen LogP) is 3.40. The van der Waals surface area contributed by atoms with E-state index in [1.54, 1.807) is 18.1 Å². The lowest BCUT2D eigenvalue weighted by Gasteiger charge is -2.37. The van der Waals surface area contributed by atoms with Crippen LogP contribution in [0, 0.1) is 12.8 Å². The number of aryl methyl sites for hydroxylation is 1. The first-order valence-electron chi connectivity index (χ1n) is 9.19. The number of likely N-dealkylation sites (tertiary alicyclic amines) is 1. The molecule has 0 radical (unpaired) electrons. The Kier molecular flexibility index (Phi) is 6.07. The third kappa shape index (κ3) is 3.96. The molecule has 1 aromatic carbocycles. The van der Waals surface area contributed by atoms with Gasteiger partial charge in [0.05, 0.1) is 17.5 Å². The summed E-state index contributed by atoms with van der Waals surface area (Å²) in [5.74, 6) is -0.163. The van der Waals surface area contributed by atoms with E-state index >= 15 is 0 Å². The van der Waals surface area contributed by atoms with Crippen molar-refractivity contribution in [1.29, 1.82) is 0 Å². The first-order valence-corrected chi connectivity index (χ1v) is 9.57. The Balaban J connectivity index is 1.80. The fourth-order valence-corrected chi connectivity index (χ4v) is 3.78. The highest BCUT2D eigenvalue weighted by Gasteiger charge is 2.35. The molecule has 1 fully saturated rings. The molecule has 0 spiro atoms. The number of ether oxygens (including phenoxy) is 1. The summed E-state index contributed by atoms with van der Waals surface area (Å²) < 4.78 is 10.8. The lowest BCUT2D eigenvalue weighted by molar-refractivity contribution is -0.126. The van der Waals surface area contributed by atoms with Gasteiger partial charge < -0.3 is 19.4 Å². The highest BCUT2D eigenvalue weighted by atomic mass is 35.5. The number of piperidine rings is 1. The Labute approximate surface area is 163 Å². The van der Waals surface area contributed by atoms with E-state index in [0.717, 1.165) is 23.8 Å². The minimum atomic E-state index is -0.227. The molecule has 2 aromatic rings. The van der Waals surface area contributed by atoms with E-state index in [9.17, 15) is 9.59 Å². The monoisotopic (exact) mass is 392 g/mol. The first kappa shape index (κ1) is 19.7. The summed E-state index contributed by atoms with van der Waals surface area (Å²) in [5.41, 5.74) is 1.30. The molecule has 1 aliphatic rings. The molecular formula is C20H25ClN2O4. The molecule has 1 saturated heterocycles. The highest BCUT2D eigenvalue weighted by molar-refractivity contribution is 6.35. The summed E-state index contributed by atoms with van der Waals surface area (Å²) in [5, 5.41) is 4.19. The molecule has 2 heterocycles. The van der Waals surface area contributed by atoms with E-state index in [0.29, 0.717) is 36.1 Å². The van der Waals surface area contributed by atoms with E-state index < -0.39 is 0 Å². The number of carbonyl (C=O) groups excluding carboxylic acids is 2. The molecule has 1 aliphatic heterocycles. The van der Waals surface area contributed by atoms with Crippen LogP contribution in [0.1, 0.15) is 35.9 Å². The first-order chi connectivity index (χ1) is 12.9. The lowest BCUT2D eigenvalue weighted by Crippen LogP contribution is -2.49. The fraction of sp³-hybridized carbons (Fsp3) is 0.500. The summed E-state index contributed by atoms with van der Waals surface area (Å²) in [4.78, 5) is 27.3. The van der Waals surface area contributed by atoms with Gasteiger partial charge in [-0.05, 0) is 32.8 Å². The van der Waals surface area contributed by atoms with Crippen molar-refractivity contribution in [2.24, 2.45) is 5.92 Å². The van der Waals surface area contributed by atoms with Crippen LogP contribution in [0.25, 0.3) is 11.0 Å². The third-order valence-corrected chi connectivity index (χ3v) is 5.53. The smallest absolute Gasteiger partial charge is 0.290 e. The van der Waals surface area contributed by atoms with Gasteiger partial charge in [-0.2, -0.15) is 0 Å². The molecule has 0 unspecified atom stereocenters. The second-order valence-electron chi connectivity index (χ2n) is 7.04. The van der Waals surface area contributed by atoms with Crippen molar-refractivity contribution in [2.75, 3.05) is 26.8 Å². The molecule has 7 heteroatoms. The zero-order valence-electron chi connectivity index (χ0n) is 15.9. The summed E-state index contributed by atoms with van der Waals surface area (Å²) in [6, 6.07) is 5.52. The van der Waals surface area contributed by atoms with Gasteiger partial charge >= 0.3 is 0 Å². The van der Waals surface area contributed by atoms with Crippen molar-refractivity contribution in [2.45, 2.75) is 32.7 Å². The van der Waals surface area contributed by atoms with E-state index in [4.69, 9.17) is 20.8 Å². The second-order valence-corrected chi connectivity index (χ2v) is 7.44. The van der Waals surface area contributed by atoms with Crippen molar-refractivity contribution < 1.29 is 18.7 Å². The van der Waals surface area contributed by atoms with Crippen molar-refractivity contribution in [3.63, 3.8) is 0 Å². The van der Waals surface area contributed by atoms with Crippen molar-refractivity contribution >= 4 is 34.4 Å². The fourth-order valence-electron chi connectivity index (χ4n) is 3.57. The maximum Gasteiger partial charge on any atom is 0.290 e. The van der Waals surface area contributed by atoms with E-state index in [1.807, 2.05) is 26.0 Å². The van der Waals surface area contributed by atoms with Crippen LogP contribution in [0.2, 0.25) is 5.02 Å². The molecule has 6 nitrogen and oxygen atoms in total. The molecule has 0 aliphatic carbocycles. The van der Waals surface area contributed by atoms with Gasteiger partial charge in [0, 0.05) is 37.2 Å². The van der Waals surface area contributed by atoms with Crippen molar-refractivity contribution in [3.8, 4) is 0 Å². The number of halogens is 1. The molecular weight excluding hydrogens is 368 g/mol. The summed E-state index contributed by atoms with van der Waals surface area (Å²) in [6.07, 6.45) is 1.53. The minimum absolute atomic E-state index is 0.0406.